The molecule has 2 N–H and O–H groups in total. The van der Waals surface area contributed by atoms with E-state index in [0.29, 0.717) is 6.42 Å². The van der Waals surface area contributed by atoms with E-state index in [4.69, 9.17) is 0 Å². The van der Waals surface area contributed by atoms with Crippen LogP contribution in [-0.4, -0.2) is 37.2 Å². The zero-order valence-electron chi connectivity index (χ0n) is 12.5. The molecular weight excluding hydrogens is 323 g/mol. The normalized spacial score (nSPS) is 11.4. The molecule has 124 valence electrons. The van der Waals surface area contributed by atoms with Crippen molar-refractivity contribution in [2.75, 3.05) is 13.1 Å². The molecule has 0 fully saturated rings. The van der Waals surface area contributed by atoms with E-state index in [0.717, 1.165) is 6.07 Å². The number of benzene rings is 1. The van der Waals surface area contributed by atoms with Gasteiger partial charge in [-0.15, -0.1) is 0 Å². The summed E-state index contributed by atoms with van der Waals surface area (Å²) in [5, 5.41) is 6.40. The average Bonchev–Trinajstić information content (AvgIpc) is 2.94. The molecule has 0 aliphatic rings. The third-order valence-electron chi connectivity index (χ3n) is 3.01. The number of hydrogen-bond donors (Lipinski definition) is 2. The van der Waals surface area contributed by atoms with E-state index in [2.05, 4.69) is 15.1 Å². The second-order valence-electron chi connectivity index (χ2n) is 4.87. The van der Waals surface area contributed by atoms with Crippen LogP contribution < -0.4 is 10.0 Å². The number of nitrogens with zero attached hydrogens (tertiary/aromatic N) is 2. The molecule has 1 aromatic carbocycles. The van der Waals surface area contributed by atoms with Crippen LogP contribution in [0.4, 0.5) is 4.39 Å². The quantitative estimate of drug-likeness (QED) is 0.724. The van der Waals surface area contributed by atoms with Gasteiger partial charge in [-0.25, -0.2) is 17.5 Å². The van der Waals surface area contributed by atoms with Crippen LogP contribution in [0.2, 0.25) is 0 Å². The number of carbonyl (C=O) groups is 1. The maximum Gasteiger partial charge on any atom is 0.251 e. The first-order valence-corrected chi connectivity index (χ1v) is 8.39. The van der Waals surface area contributed by atoms with Crippen molar-refractivity contribution >= 4 is 15.9 Å². The molecule has 0 unspecified atom stereocenters. The molecule has 0 saturated heterocycles. The minimum atomic E-state index is -3.59. The van der Waals surface area contributed by atoms with Crippen LogP contribution in [0.15, 0.2) is 41.6 Å². The molecule has 0 atom stereocenters. The fourth-order valence-corrected chi connectivity index (χ4v) is 2.91. The van der Waals surface area contributed by atoms with Crippen molar-refractivity contribution in [3.05, 3.63) is 48.0 Å². The van der Waals surface area contributed by atoms with E-state index >= 15 is 0 Å². The second-order valence-corrected chi connectivity index (χ2v) is 6.63. The summed E-state index contributed by atoms with van der Waals surface area (Å²) in [6, 6.07) is 5.35. The molecular formula is C14H17FN4O3S. The van der Waals surface area contributed by atoms with E-state index in [1.165, 1.54) is 35.3 Å². The lowest BCUT2D eigenvalue weighted by Crippen LogP contribution is -2.29. The van der Waals surface area contributed by atoms with E-state index in [-0.39, 0.29) is 23.5 Å². The molecule has 7 nitrogen and oxygen atoms in total. The van der Waals surface area contributed by atoms with Crippen molar-refractivity contribution in [2.24, 2.45) is 7.05 Å². The lowest BCUT2D eigenvalue weighted by atomic mass is 10.2. The van der Waals surface area contributed by atoms with Crippen molar-refractivity contribution in [3.8, 4) is 0 Å². The smallest absolute Gasteiger partial charge is 0.251 e. The highest BCUT2D eigenvalue weighted by atomic mass is 32.2. The standard InChI is InChI=1S/C14H17FN4O3S/c1-19-10-13(9-17-19)23(21,22)18-7-3-6-16-14(20)11-4-2-5-12(15)8-11/h2,4-5,8-10,18H,3,6-7H2,1H3,(H,16,20). The Balaban J connectivity index is 1.74. The van der Waals surface area contributed by atoms with Gasteiger partial charge >= 0.3 is 0 Å². The largest absolute Gasteiger partial charge is 0.352 e. The van der Waals surface area contributed by atoms with Crippen LogP contribution in [0.1, 0.15) is 16.8 Å². The van der Waals surface area contributed by atoms with Gasteiger partial charge in [0.05, 0.1) is 6.20 Å². The summed E-state index contributed by atoms with van der Waals surface area (Å²) < 4.78 is 40.6. The molecule has 0 spiro atoms. The first kappa shape index (κ1) is 17.1. The van der Waals surface area contributed by atoms with E-state index in [1.54, 1.807) is 7.05 Å². The predicted octanol–water partition coefficient (Wildman–Crippen LogP) is 0.658. The van der Waals surface area contributed by atoms with Gasteiger partial charge in [-0.2, -0.15) is 5.10 Å². The Labute approximate surface area is 133 Å². The number of aryl methyl sites for hydroxylation is 1. The molecule has 2 aromatic rings. The number of nitrogens with one attached hydrogen (secondary N) is 2. The van der Waals surface area contributed by atoms with Crippen molar-refractivity contribution < 1.29 is 17.6 Å². The van der Waals surface area contributed by atoms with Gasteiger partial charge in [0.1, 0.15) is 10.7 Å². The molecule has 1 amide bonds. The number of hydrogen-bond acceptors (Lipinski definition) is 4. The topological polar surface area (TPSA) is 93.1 Å². The van der Waals surface area contributed by atoms with Crippen LogP contribution in [-0.2, 0) is 17.1 Å². The van der Waals surface area contributed by atoms with Gasteiger partial charge in [0.2, 0.25) is 10.0 Å². The molecule has 1 aromatic heterocycles. The van der Waals surface area contributed by atoms with Crippen molar-refractivity contribution in [1.29, 1.82) is 0 Å². The van der Waals surface area contributed by atoms with E-state index < -0.39 is 21.7 Å². The predicted molar refractivity (Wildman–Crippen MR) is 81.7 cm³/mol. The van der Waals surface area contributed by atoms with Crippen LogP contribution in [0.25, 0.3) is 0 Å². The second kappa shape index (κ2) is 7.34. The number of amides is 1. The van der Waals surface area contributed by atoms with Crippen molar-refractivity contribution in [1.82, 2.24) is 19.8 Å². The van der Waals surface area contributed by atoms with Gasteiger partial charge < -0.3 is 5.32 Å². The first-order valence-electron chi connectivity index (χ1n) is 6.90. The molecule has 0 bridgehead atoms. The van der Waals surface area contributed by atoms with Crippen LogP contribution >= 0.6 is 0 Å². The Hall–Kier alpha value is -2.26. The molecule has 0 aliphatic heterocycles. The maximum atomic E-state index is 13.0. The minimum absolute atomic E-state index is 0.0868. The summed E-state index contributed by atoms with van der Waals surface area (Å²) in [6.45, 7) is 0.436. The SMILES string of the molecule is Cn1cc(S(=O)(=O)NCCCNC(=O)c2cccc(F)c2)cn1. The molecule has 0 aliphatic carbocycles. The number of carbonyl (C=O) groups excluding carboxylic acids is 1. The first-order chi connectivity index (χ1) is 10.9. The third-order valence-corrected chi connectivity index (χ3v) is 4.43. The summed E-state index contributed by atoms with van der Waals surface area (Å²) in [5.41, 5.74) is 0.223. The van der Waals surface area contributed by atoms with Gasteiger partial charge in [0.15, 0.2) is 0 Å². The van der Waals surface area contributed by atoms with Crippen LogP contribution in [0.5, 0.6) is 0 Å². The number of rotatable bonds is 7. The van der Waals surface area contributed by atoms with Gasteiger partial charge in [-0.1, -0.05) is 6.07 Å². The Bertz CT molecular complexity index is 789. The number of halogens is 1. The van der Waals surface area contributed by atoms with E-state index in [1.807, 2.05) is 0 Å². The summed E-state index contributed by atoms with van der Waals surface area (Å²) in [4.78, 5) is 11.8. The summed E-state index contributed by atoms with van der Waals surface area (Å²) in [6.07, 6.45) is 3.06. The number of aromatic nitrogens is 2. The highest BCUT2D eigenvalue weighted by Crippen LogP contribution is 2.05. The summed E-state index contributed by atoms with van der Waals surface area (Å²) >= 11 is 0. The molecule has 9 heteroatoms. The van der Waals surface area contributed by atoms with Gasteiger partial charge in [0.25, 0.3) is 5.91 Å². The van der Waals surface area contributed by atoms with Crippen LogP contribution in [0, 0.1) is 5.82 Å². The lowest BCUT2D eigenvalue weighted by Gasteiger charge is -2.07. The Kier molecular flexibility index (Phi) is 5.45. The molecule has 2 rings (SSSR count). The van der Waals surface area contributed by atoms with Gasteiger partial charge in [-0.05, 0) is 24.6 Å². The summed E-state index contributed by atoms with van der Waals surface area (Å²) in [5.74, 6) is -0.888. The van der Waals surface area contributed by atoms with Crippen LogP contribution in [0.3, 0.4) is 0 Å². The highest BCUT2D eigenvalue weighted by Gasteiger charge is 2.15. The fourth-order valence-electron chi connectivity index (χ4n) is 1.85. The molecule has 0 saturated carbocycles. The lowest BCUT2D eigenvalue weighted by molar-refractivity contribution is 0.0953. The van der Waals surface area contributed by atoms with E-state index in [9.17, 15) is 17.6 Å². The molecule has 0 radical (unpaired) electrons. The van der Waals surface area contributed by atoms with Gasteiger partial charge in [-0.3, -0.25) is 9.48 Å². The zero-order valence-corrected chi connectivity index (χ0v) is 13.3. The summed E-state index contributed by atoms with van der Waals surface area (Å²) in [7, 11) is -1.97. The van der Waals surface area contributed by atoms with Crippen molar-refractivity contribution in [2.45, 2.75) is 11.3 Å². The Morgan fingerprint density at radius 1 is 1.35 bits per heavy atom. The Morgan fingerprint density at radius 3 is 2.78 bits per heavy atom. The molecule has 1 heterocycles. The minimum Gasteiger partial charge on any atom is -0.352 e. The monoisotopic (exact) mass is 340 g/mol. The van der Waals surface area contributed by atoms with Gasteiger partial charge in [0, 0.05) is 31.9 Å². The number of sulfonamides is 1. The third kappa shape index (κ3) is 4.86. The van der Waals surface area contributed by atoms with Crippen molar-refractivity contribution in [3.63, 3.8) is 0 Å². The highest BCUT2D eigenvalue weighted by molar-refractivity contribution is 7.89. The zero-order chi connectivity index (χ0) is 16.9. The maximum absolute atomic E-state index is 13.0. The fraction of sp³-hybridized carbons (Fsp3) is 0.286. The molecule has 23 heavy (non-hydrogen) atoms. The Morgan fingerprint density at radius 2 is 2.13 bits per heavy atom. The average molecular weight is 340 g/mol.